The van der Waals surface area contributed by atoms with Gasteiger partial charge in [-0.15, -0.1) is 0 Å². The van der Waals surface area contributed by atoms with Crippen LogP contribution in [0.1, 0.15) is 11.1 Å². The van der Waals surface area contributed by atoms with Gasteiger partial charge in [0.15, 0.2) is 5.82 Å². The molecule has 5 heteroatoms. The van der Waals surface area contributed by atoms with Gasteiger partial charge in [0.25, 0.3) is 5.56 Å². The molecule has 2 aromatic rings. The standard InChI is InChI=1S/C14H12N4O/c1-3-10-5-4-6-11(7-10)9-16-12-8-13(19)18-14(15-2)17-12/h3-9H,1-2H2,(H,17,18,19). The van der Waals surface area contributed by atoms with Gasteiger partial charge >= 0.3 is 0 Å². The van der Waals surface area contributed by atoms with E-state index in [4.69, 9.17) is 0 Å². The fourth-order valence-corrected chi connectivity index (χ4v) is 1.48. The van der Waals surface area contributed by atoms with Gasteiger partial charge in [-0.25, -0.2) is 9.98 Å². The van der Waals surface area contributed by atoms with Crippen LogP contribution in [0.15, 0.2) is 51.7 Å². The summed E-state index contributed by atoms with van der Waals surface area (Å²) in [7, 11) is 0. The van der Waals surface area contributed by atoms with E-state index in [0.29, 0.717) is 0 Å². The van der Waals surface area contributed by atoms with E-state index in [0.717, 1.165) is 11.1 Å². The van der Waals surface area contributed by atoms with E-state index in [1.165, 1.54) is 6.07 Å². The fourth-order valence-electron chi connectivity index (χ4n) is 1.48. The van der Waals surface area contributed by atoms with Crippen LogP contribution < -0.4 is 5.56 Å². The monoisotopic (exact) mass is 252 g/mol. The summed E-state index contributed by atoms with van der Waals surface area (Å²) in [6.07, 6.45) is 3.38. The van der Waals surface area contributed by atoms with Gasteiger partial charge in [-0.1, -0.05) is 30.9 Å². The molecule has 5 nitrogen and oxygen atoms in total. The second kappa shape index (κ2) is 5.68. The van der Waals surface area contributed by atoms with Gasteiger partial charge in [0.05, 0.1) is 0 Å². The van der Waals surface area contributed by atoms with E-state index < -0.39 is 0 Å². The fraction of sp³-hybridized carbons (Fsp3) is 0. The molecule has 1 aromatic heterocycles. The van der Waals surface area contributed by atoms with Crippen LogP contribution in [0.25, 0.3) is 6.08 Å². The third kappa shape index (κ3) is 3.32. The summed E-state index contributed by atoms with van der Waals surface area (Å²) >= 11 is 0. The van der Waals surface area contributed by atoms with E-state index in [1.54, 1.807) is 12.3 Å². The highest BCUT2D eigenvalue weighted by molar-refractivity contribution is 5.82. The number of benzene rings is 1. The summed E-state index contributed by atoms with van der Waals surface area (Å²) in [4.78, 5) is 25.5. The lowest BCUT2D eigenvalue weighted by atomic mass is 10.1. The smallest absolute Gasteiger partial charge is 0.254 e. The maximum Gasteiger partial charge on any atom is 0.254 e. The van der Waals surface area contributed by atoms with E-state index in [9.17, 15) is 4.79 Å². The molecule has 0 unspecified atom stereocenters. The Morgan fingerprint density at radius 2 is 2.05 bits per heavy atom. The first kappa shape index (κ1) is 12.6. The van der Waals surface area contributed by atoms with Crippen LogP contribution in [-0.2, 0) is 0 Å². The molecular formula is C14H12N4O. The summed E-state index contributed by atoms with van der Waals surface area (Å²) in [6, 6.07) is 8.96. The summed E-state index contributed by atoms with van der Waals surface area (Å²) in [6.45, 7) is 7.01. The average molecular weight is 252 g/mol. The van der Waals surface area contributed by atoms with Crippen LogP contribution in [0.5, 0.6) is 0 Å². The minimum atomic E-state index is -0.315. The first-order valence-electron chi connectivity index (χ1n) is 5.56. The van der Waals surface area contributed by atoms with E-state index in [1.807, 2.05) is 24.3 Å². The van der Waals surface area contributed by atoms with Crippen LogP contribution >= 0.6 is 0 Å². The maximum absolute atomic E-state index is 11.3. The molecule has 94 valence electrons. The zero-order valence-electron chi connectivity index (χ0n) is 10.2. The highest BCUT2D eigenvalue weighted by Crippen LogP contribution is 2.10. The van der Waals surface area contributed by atoms with Gasteiger partial charge < -0.3 is 0 Å². The van der Waals surface area contributed by atoms with Crippen molar-refractivity contribution in [2.75, 3.05) is 0 Å². The third-order valence-electron chi connectivity index (χ3n) is 2.36. The summed E-state index contributed by atoms with van der Waals surface area (Å²) in [5.74, 6) is 0.439. The number of aromatic amines is 1. The van der Waals surface area contributed by atoms with Crippen molar-refractivity contribution < 1.29 is 0 Å². The van der Waals surface area contributed by atoms with Gasteiger partial charge in [-0.05, 0) is 23.9 Å². The van der Waals surface area contributed by atoms with Gasteiger partial charge in [0.2, 0.25) is 5.95 Å². The van der Waals surface area contributed by atoms with Crippen LogP contribution in [0.3, 0.4) is 0 Å². The number of H-pyrrole nitrogens is 1. The molecule has 0 bridgehead atoms. The minimum Gasteiger partial charge on any atom is -0.291 e. The van der Waals surface area contributed by atoms with Gasteiger partial charge in [0.1, 0.15) is 0 Å². The van der Waals surface area contributed by atoms with Crippen molar-refractivity contribution in [2.45, 2.75) is 0 Å². The number of rotatable bonds is 4. The number of nitrogens with one attached hydrogen (secondary N) is 1. The van der Waals surface area contributed by atoms with Gasteiger partial charge in [-0.3, -0.25) is 9.78 Å². The van der Waals surface area contributed by atoms with Crippen LogP contribution in [0.2, 0.25) is 0 Å². The molecule has 0 aliphatic carbocycles. The predicted molar refractivity (Wildman–Crippen MR) is 77.9 cm³/mol. The molecule has 0 amide bonds. The molecule has 0 atom stereocenters. The summed E-state index contributed by atoms with van der Waals surface area (Å²) in [5, 5.41) is 0. The van der Waals surface area contributed by atoms with E-state index in [-0.39, 0.29) is 17.3 Å². The second-order valence-electron chi connectivity index (χ2n) is 3.72. The largest absolute Gasteiger partial charge is 0.291 e. The number of aliphatic imine (C=N–C) groups is 2. The number of aromatic nitrogens is 2. The number of hydrogen-bond acceptors (Lipinski definition) is 4. The van der Waals surface area contributed by atoms with Crippen LogP contribution in [0, 0.1) is 0 Å². The molecule has 19 heavy (non-hydrogen) atoms. The molecule has 2 rings (SSSR count). The zero-order chi connectivity index (χ0) is 13.7. The quantitative estimate of drug-likeness (QED) is 0.849. The first-order chi connectivity index (χ1) is 9.21. The Morgan fingerprint density at radius 3 is 2.79 bits per heavy atom. The van der Waals surface area contributed by atoms with Crippen molar-refractivity contribution in [3.63, 3.8) is 0 Å². The Morgan fingerprint density at radius 1 is 1.26 bits per heavy atom. The molecular weight excluding hydrogens is 240 g/mol. The first-order valence-corrected chi connectivity index (χ1v) is 5.56. The molecule has 0 aliphatic heterocycles. The predicted octanol–water partition coefficient (Wildman–Crippen LogP) is 2.50. The molecule has 0 fully saturated rings. The number of hydrogen-bond donors (Lipinski definition) is 1. The molecule has 1 heterocycles. The van der Waals surface area contributed by atoms with Gasteiger partial charge in [-0.2, -0.15) is 4.98 Å². The topological polar surface area (TPSA) is 70.5 Å². The van der Waals surface area contributed by atoms with Gasteiger partial charge in [0, 0.05) is 12.3 Å². The van der Waals surface area contributed by atoms with E-state index in [2.05, 4.69) is 33.2 Å². The van der Waals surface area contributed by atoms with Crippen molar-refractivity contribution in [3.8, 4) is 0 Å². The molecule has 1 N–H and O–H groups in total. The minimum absolute atomic E-state index is 0.152. The highest BCUT2D eigenvalue weighted by atomic mass is 16.1. The van der Waals surface area contributed by atoms with Crippen molar-refractivity contribution in [3.05, 3.63) is 58.4 Å². The summed E-state index contributed by atoms with van der Waals surface area (Å²) in [5.41, 5.74) is 1.58. The maximum atomic E-state index is 11.3. The Bertz CT molecular complexity index is 701. The molecule has 1 aromatic carbocycles. The SMILES string of the molecule is C=Cc1cccc(C=Nc2cc(=O)[nH]c(N=C)n2)c1. The average Bonchev–Trinajstić information content (AvgIpc) is 2.44. The Hall–Kier alpha value is -2.82. The molecule has 0 spiro atoms. The van der Waals surface area contributed by atoms with Crippen molar-refractivity contribution in [1.82, 2.24) is 9.97 Å². The zero-order valence-corrected chi connectivity index (χ0v) is 10.2. The Kier molecular flexibility index (Phi) is 3.78. The lowest BCUT2D eigenvalue weighted by Gasteiger charge is -1.97. The Labute approximate surface area is 110 Å². The molecule has 0 radical (unpaired) electrons. The second-order valence-corrected chi connectivity index (χ2v) is 3.72. The lowest BCUT2D eigenvalue weighted by molar-refractivity contribution is 1.09. The Balaban J connectivity index is 2.31. The van der Waals surface area contributed by atoms with Crippen molar-refractivity contribution in [1.29, 1.82) is 0 Å². The molecule has 0 saturated heterocycles. The molecule has 0 saturated carbocycles. The van der Waals surface area contributed by atoms with Crippen molar-refractivity contribution in [2.24, 2.45) is 9.98 Å². The normalized spacial score (nSPS) is 10.5. The molecule has 0 aliphatic rings. The van der Waals surface area contributed by atoms with Crippen LogP contribution in [0.4, 0.5) is 11.8 Å². The third-order valence-corrected chi connectivity index (χ3v) is 2.36. The number of nitrogens with zero attached hydrogens (tertiary/aromatic N) is 3. The van der Waals surface area contributed by atoms with Crippen molar-refractivity contribution >= 4 is 30.8 Å². The lowest BCUT2D eigenvalue weighted by Crippen LogP contribution is -2.03. The van der Waals surface area contributed by atoms with E-state index >= 15 is 0 Å². The van der Waals surface area contributed by atoms with Crippen LogP contribution in [-0.4, -0.2) is 22.9 Å². The summed E-state index contributed by atoms with van der Waals surface area (Å²) < 4.78 is 0. The highest BCUT2D eigenvalue weighted by Gasteiger charge is 1.97.